The van der Waals surface area contributed by atoms with Crippen molar-refractivity contribution in [3.8, 4) is 17.2 Å². The van der Waals surface area contributed by atoms with Crippen molar-refractivity contribution in [2.75, 3.05) is 21.3 Å². The SMILES string of the molecule is COC(=O)C1=C(C)N=c2s/c(=C\c3ccc(OC(C)C)c(OC)c3)c(=O)n2[C@H]1c1cc(Cl)ccc1OC. The standard InChI is InChI=1S/C27H27ClN2O6S/c1-14(2)36-20-9-7-16(11-21(20)34-5)12-22-25(31)30-24(18-13-17(28)8-10-19(18)33-4)23(26(32)35-6)15(3)29-27(30)37-22/h7-14,24H,1-6H3/b22-12-/t24-/m0/s1. The molecule has 4 rings (SSSR count). The fraction of sp³-hybridized carbons (Fsp3) is 0.296. The van der Waals surface area contributed by atoms with Gasteiger partial charge >= 0.3 is 5.97 Å². The second-order valence-electron chi connectivity index (χ2n) is 8.54. The summed E-state index contributed by atoms with van der Waals surface area (Å²) in [6.07, 6.45) is 1.74. The number of methoxy groups -OCH3 is 3. The van der Waals surface area contributed by atoms with Gasteiger partial charge in [-0.3, -0.25) is 9.36 Å². The number of hydrogen-bond donors (Lipinski definition) is 0. The van der Waals surface area contributed by atoms with Gasteiger partial charge in [0.1, 0.15) is 11.8 Å². The monoisotopic (exact) mass is 542 g/mol. The summed E-state index contributed by atoms with van der Waals surface area (Å²) in [6, 6.07) is 9.69. The summed E-state index contributed by atoms with van der Waals surface area (Å²) in [5.41, 5.74) is 1.67. The molecule has 0 fully saturated rings. The lowest BCUT2D eigenvalue weighted by Gasteiger charge is -2.25. The number of carbonyl (C=O) groups excluding carboxylic acids is 1. The molecule has 0 saturated carbocycles. The predicted octanol–water partition coefficient (Wildman–Crippen LogP) is 3.87. The normalized spacial score (nSPS) is 15.4. The Morgan fingerprint density at radius 2 is 1.78 bits per heavy atom. The molecule has 10 heteroatoms. The average molecular weight is 543 g/mol. The average Bonchev–Trinajstić information content (AvgIpc) is 3.17. The van der Waals surface area contributed by atoms with Crippen LogP contribution in [0.1, 0.15) is 37.9 Å². The van der Waals surface area contributed by atoms with E-state index in [1.165, 1.54) is 30.1 Å². The van der Waals surface area contributed by atoms with E-state index in [4.69, 9.17) is 30.5 Å². The number of fused-ring (bicyclic) bond motifs is 1. The molecule has 2 aromatic carbocycles. The number of aromatic nitrogens is 1. The maximum Gasteiger partial charge on any atom is 0.338 e. The Morgan fingerprint density at radius 3 is 2.43 bits per heavy atom. The third-order valence-corrected chi connectivity index (χ3v) is 6.98. The molecule has 1 aliphatic rings. The minimum Gasteiger partial charge on any atom is -0.496 e. The number of esters is 1. The number of rotatable bonds is 7. The molecule has 0 unspecified atom stereocenters. The lowest BCUT2D eigenvalue weighted by atomic mass is 9.95. The Kier molecular flexibility index (Phi) is 7.75. The van der Waals surface area contributed by atoms with Crippen LogP contribution in [0, 0.1) is 0 Å². The van der Waals surface area contributed by atoms with Crippen LogP contribution in [0.2, 0.25) is 5.02 Å². The van der Waals surface area contributed by atoms with Crippen molar-refractivity contribution >= 4 is 35.0 Å². The summed E-state index contributed by atoms with van der Waals surface area (Å²) >= 11 is 7.54. The van der Waals surface area contributed by atoms with Crippen LogP contribution in [0.5, 0.6) is 17.2 Å². The first-order valence-electron chi connectivity index (χ1n) is 11.5. The maximum absolute atomic E-state index is 13.8. The third kappa shape index (κ3) is 5.14. The first-order chi connectivity index (χ1) is 17.7. The number of allylic oxidation sites excluding steroid dienone is 1. The zero-order valence-corrected chi connectivity index (χ0v) is 22.9. The van der Waals surface area contributed by atoms with Crippen molar-refractivity contribution in [3.05, 3.63) is 83.5 Å². The van der Waals surface area contributed by atoms with E-state index in [0.717, 1.165) is 5.56 Å². The van der Waals surface area contributed by atoms with Crippen LogP contribution in [0.4, 0.5) is 0 Å². The van der Waals surface area contributed by atoms with E-state index in [1.807, 2.05) is 19.9 Å². The molecule has 1 aliphatic heterocycles. The highest BCUT2D eigenvalue weighted by Gasteiger charge is 2.35. The Labute approximate surface area is 223 Å². The largest absolute Gasteiger partial charge is 0.496 e. The van der Waals surface area contributed by atoms with Crippen LogP contribution in [0.3, 0.4) is 0 Å². The van der Waals surface area contributed by atoms with E-state index in [1.54, 1.807) is 50.4 Å². The molecular formula is C27H27ClN2O6S. The highest BCUT2D eigenvalue weighted by molar-refractivity contribution is 7.07. The van der Waals surface area contributed by atoms with Crippen molar-refractivity contribution in [3.63, 3.8) is 0 Å². The Morgan fingerprint density at radius 1 is 1.08 bits per heavy atom. The fourth-order valence-corrected chi connectivity index (χ4v) is 5.41. The molecule has 1 aromatic heterocycles. The summed E-state index contributed by atoms with van der Waals surface area (Å²) in [7, 11) is 4.38. The van der Waals surface area contributed by atoms with E-state index in [2.05, 4.69) is 4.99 Å². The fourth-order valence-electron chi connectivity index (χ4n) is 4.18. The third-order valence-electron chi connectivity index (χ3n) is 5.76. The minimum absolute atomic E-state index is 0.0147. The van der Waals surface area contributed by atoms with Gasteiger partial charge in [0.05, 0.1) is 43.2 Å². The van der Waals surface area contributed by atoms with Crippen molar-refractivity contribution < 1.29 is 23.7 Å². The first kappa shape index (κ1) is 26.5. The highest BCUT2D eigenvalue weighted by atomic mass is 35.5. The van der Waals surface area contributed by atoms with Gasteiger partial charge in [-0.25, -0.2) is 9.79 Å². The maximum atomic E-state index is 13.8. The zero-order chi connectivity index (χ0) is 26.9. The van der Waals surface area contributed by atoms with Crippen LogP contribution in [0.15, 0.2) is 57.5 Å². The highest BCUT2D eigenvalue weighted by Crippen LogP contribution is 2.37. The van der Waals surface area contributed by atoms with Gasteiger partial charge in [0.25, 0.3) is 5.56 Å². The summed E-state index contributed by atoms with van der Waals surface area (Å²) in [4.78, 5) is 31.7. The number of nitrogens with zero attached hydrogens (tertiary/aromatic N) is 2. The lowest BCUT2D eigenvalue weighted by Crippen LogP contribution is -2.40. The first-order valence-corrected chi connectivity index (χ1v) is 12.7. The minimum atomic E-state index is -0.837. The molecule has 2 heterocycles. The summed E-state index contributed by atoms with van der Waals surface area (Å²) in [5.74, 6) is 1.06. The van der Waals surface area contributed by atoms with Gasteiger partial charge in [-0.05, 0) is 62.7 Å². The Bertz CT molecular complexity index is 1570. The molecule has 8 nitrogen and oxygen atoms in total. The molecule has 194 valence electrons. The van der Waals surface area contributed by atoms with Gasteiger partial charge in [-0.15, -0.1) is 0 Å². The summed E-state index contributed by atoms with van der Waals surface area (Å²) < 4.78 is 23.8. The number of hydrogen-bond acceptors (Lipinski definition) is 8. The molecule has 0 saturated heterocycles. The van der Waals surface area contributed by atoms with Gasteiger partial charge in [0.2, 0.25) is 0 Å². The quantitative estimate of drug-likeness (QED) is 0.421. The molecule has 0 N–H and O–H groups in total. The van der Waals surface area contributed by atoms with Gasteiger partial charge < -0.3 is 18.9 Å². The van der Waals surface area contributed by atoms with Crippen LogP contribution < -0.4 is 29.1 Å². The second kappa shape index (κ2) is 10.8. The van der Waals surface area contributed by atoms with E-state index >= 15 is 0 Å². The van der Waals surface area contributed by atoms with E-state index in [0.29, 0.717) is 42.9 Å². The van der Waals surface area contributed by atoms with Crippen LogP contribution in [0.25, 0.3) is 6.08 Å². The van der Waals surface area contributed by atoms with Crippen LogP contribution in [-0.2, 0) is 9.53 Å². The molecule has 0 spiro atoms. The van der Waals surface area contributed by atoms with Gasteiger partial charge in [-0.2, -0.15) is 0 Å². The molecule has 3 aromatic rings. The van der Waals surface area contributed by atoms with Crippen molar-refractivity contribution in [1.82, 2.24) is 4.57 Å². The van der Waals surface area contributed by atoms with Gasteiger partial charge in [0, 0.05) is 10.6 Å². The lowest BCUT2D eigenvalue weighted by molar-refractivity contribution is -0.136. The Hall–Kier alpha value is -3.56. The smallest absolute Gasteiger partial charge is 0.338 e. The summed E-state index contributed by atoms with van der Waals surface area (Å²) in [5, 5.41) is 0.438. The molecule has 0 aliphatic carbocycles. The molecule has 37 heavy (non-hydrogen) atoms. The molecule has 1 atom stereocenters. The molecular weight excluding hydrogens is 516 g/mol. The van der Waals surface area contributed by atoms with Gasteiger partial charge in [0.15, 0.2) is 16.3 Å². The van der Waals surface area contributed by atoms with Crippen LogP contribution in [-0.4, -0.2) is 38.0 Å². The molecule has 0 bridgehead atoms. The number of halogens is 1. The van der Waals surface area contributed by atoms with Crippen molar-refractivity contribution in [2.45, 2.75) is 32.9 Å². The zero-order valence-electron chi connectivity index (χ0n) is 21.3. The number of carbonyl (C=O) groups is 1. The number of benzene rings is 2. The van der Waals surface area contributed by atoms with Crippen LogP contribution >= 0.6 is 22.9 Å². The van der Waals surface area contributed by atoms with E-state index in [9.17, 15) is 9.59 Å². The Balaban J connectivity index is 1.94. The topological polar surface area (TPSA) is 88.4 Å². The number of ether oxygens (including phenoxy) is 4. The van der Waals surface area contributed by atoms with E-state index < -0.39 is 12.0 Å². The number of thiazole rings is 1. The molecule has 0 radical (unpaired) electrons. The summed E-state index contributed by atoms with van der Waals surface area (Å²) in [6.45, 7) is 5.58. The van der Waals surface area contributed by atoms with Crippen molar-refractivity contribution in [1.29, 1.82) is 0 Å². The van der Waals surface area contributed by atoms with E-state index in [-0.39, 0.29) is 17.2 Å². The second-order valence-corrected chi connectivity index (χ2v) is 9.98. The predicted molar refractivity (Wildman–Crippen MR) is 143 cm³/mol. The van der Waals surface area contributed by atoms with Gasteiger partial charge in [-0.1, -0.05) is 29.0 Å². The van der Waals surface area contributed by atoms with Crippen molar-refractivity contribution in [2.24, 2.45) is 4.99 Å². The molecule has 0 amide bonds.